The molecule has 0 atom stereocenters. The van der Waals surface area contributed by atoms with Gasteiger partial charge in [-0.1, -0.05) is 31.5 Å². The van der Waals surface area contributed by atoms with Crippen LogP contribution in [-0.2, 0) is 11.4 Å². The standard InChI is InChI=1S/C19H19ClN2O3S/c1-12(2)10-22-18(23)17(21-19(22)26)9-15-6-7-16(25-15)11-24-14-5-3-4-13(20)8-14/h3-9,12H,10-11H2,1-2H3,(H,21,26)/b17-9+. The zero-order valence-corrected chi connectivity index (χ0v) is 16.1. The van der Waals surface area contributed by atoms with Crippen LogP contribution in [0.15, 0.2) is 46.5 Å². The minimum atomic E-state index is -0.142. The van der Waals surface area contributed by atoms with E-state index in [-0.39, 0.29) is 12.5 Å². The number of amides is 1. The number of halogens is 1. The van der Waals surface area contributed by atoms with Gasteiger partial charge in [-0.15, -0.1) is 0 Å². The van der Waals surface area contributed by atoms with E-state index >= 15 is 0 Å². The Bertz CT molecular complexity index is 860. The summed E-state index contributed by atoms with van der Waals surface area (Å²) in [5, 5.41) is 3.98. The number of hydrogen-bond acceptors (Lipinski definition) is 4. The van der Waals surface area contributed by atoms with Crippen LogP contribution in [0.1, 0.15) is 25.4 Å². The van der Waals surface area contributed by atoms with Gasteiger partial charge in [-0.2, -0.15) is 0 Å². The van der Waals surface area contributed by atoms with Crippen molar-refractivity contribution in [1.82, 2.24) is 10.2 Å². The molecule has 136 valence electrons. The number of nitrogens with one attached hydrogen (secondary N) is 1. The summed E-state index contributed by atoms with van der Waals surface area (Å²) in [5.74, 6) is 2.05. The number of rotatable bonds is 6. The van der Waals surface area contributed by atoms with Crippen molar-refractivity contribution in [2.45, 2.75) is 20.5 Å². The fourth-order valence-corrected chi connectivity index (χ4v) is 2.95. The van der Waals surface area contributed by atoms with E-state index in [2.05, 4.69) is 5.32 Å². The van der Waals surface area contributed by atoms with Crippen LogP contribution < -0.4 is 10.1 Å². The average Bonchev–Trinajstić information content (AvgIpc) is 3.13. The summed E-state index contributed by atoms with van der Waals surface area (Å²) in [6, 6.07) is 10.7. The second-order valence-electron chi connectivity index (χ2n) is 6.35. The number of ether oxygens (including phenoxy) is 1. The predicted molar refractivity (Wildman–Crippen MR) is 105 cm³/mol. The molecule has 1 aromatic carbocycles. The number of thiocarbonyl (C=S) groups is 1. The van der Waals surface area contributed by atoms with E-state index < -0.39 is 0 Å². The lowest BCUT2D eigenvalue weighted by Gasteiger charge is -2.15. The van der Waals surface area contributed by atoms with Crippen LogP contribution in [0, 0.1) is 5.92 Å². The van der Waals surface area contributed by atoms with Gasteiger partial charge in [-0.05, 0) is 48.5 Å². The van der Waals surface area contributed by atoms with E-state index in [0.717, 1.165) is 0 Å². The highest BCUT2D eigenvalue weighted by molar-refractivity contribution is 7.80. The van der Waals surface area contributed by atoms with E-state index in [9.17, 15) is 4.79 Å². The van der Waals surface area contributed by atoms with Crippen molar-refractivity contribution >= 4 is 40.9 Å². The van der Waals surface area contributed by atoms with Crippen molar-refractivity contribution in [1.29, 1.82) is 0 Å². The molecule has 1 fully saturated rings. The van der Waals surface area contributed by atoms with Gasteiger partial charge in [0, 0.05) is 17.6 Å². The van der Waals surface area contributed by atoms with Crippen molar-refractivity contribution in [3.63, 3.8) is 0 Å². The molecule has 1 amide bonds. The molecule has 2 heterocycles. The van der Waals surface area contributed by atoms with Crippen molar-refractivity contribution in [2.75, 3.05) is 6.54 Å². The van der Waals surface area contributed by atoms with Gasteiger partial charge in [-0.3, -0.25) is 9.69 Å². The van der Waals surface area contributed by atoms with Gasteiger partial charge in [0.25, 0.3) is 5.91 Å². The molecular formula is C19H19ClN2O3S. The maximum atomic E-state index is 12.4. The maximum Gasteiger partial charge on any atom is 0.276 e. The Balaban J connectivity index is 1.65. The smallest absolute Gasteiger partial charge is 0.276 e. The third kappa shape index (κ3) is 4.45. The Morgan fingerprint density at radius 3 is 2.88 bits per heavy atom. The van der Waals surface area contributed by atoms with E-state index in [0.29, 0.717) is 45.6 Å². The summed E-state index contributed by atoms with van der Waals surface area (Å²) in [6.07, 6.45) is 1.65. The number of hydrogen-bond donors (Lipinski definition) is 1. The SMILES string of the molecule is CC(C)CN1C(=O)/C(=C\c2ccc(COc3cccc(Cl)c3)o2)NC1=S. The molecule has 5 nitrogen and oxygen atoms in total. The first-order valence-corrected chi connectivity index (χ1v) is 9.02. The molecule has 3 rings (SSSR count). The highest BCUT2D eigenvalue weighted by atomic mass is 35.5. The lowest BCUT2D eigenvalue weighted by Crippen LogP contribution is -2.33. The van der Waals surface area contributed by atoms with Crippen LogP contribution in [0.2, 0.25) is 5.02 Å². The van der Waals surface area contributed by atoms with Crippen LogP contribution in [0.5, 0.6) is 5.75 Å². The van der Waals surface area contributed by atoms with Gasteiger partial charge in [0.2, 0.25) is 0 Å². The second kappa shape index (κ2) is 7.93. The van der Waals surface area contributed by atoms with Gasteiger partial charge in [0.1, 0.15) is 29.6 Å². The van der Waals surface area contributed by atoms with Gasteiger partial charge >= 0.3 is 0 Å². The lowest BCUT2D eigenvalue weighted by molar-refractivity contribution is -0.122. The Kier molecular flexibility index (Phi) is 5.64. The molecule has 0 radical (unpaired) electrons. The molecule has 1 N–H and O–H groups in total. The molecule has 0 bridgehead atoms. The molecule has 7 heteroatoms. The summed E-state index contributed by atoms with van der Waals surface area (Å²) in [6.45, 7) is 4.92. The summed E-state index contributed by atoms with van der Waals surface area (Å²) >= 11 is 11.2. The molecule has 26 heavy (non-hydrogen) atoms. The van der Waals surface area contributed by atoms with Crippen LogP contribution in [0.3, 0.4) is 0 Å². The summed E-state index contributed by atoms with van der Waals surface area (Å²) in [7, 11) is 0. The molecule has 1 aromatic heterocycles. The minimum Gasteiger partial charge on any atom is -0.486 e. The second-order valence-corrected chi connectivity index (χ2v) is 7.17. The monoisotopic (exact) mass is 390 g/mol. The van der Waals surface area contributed by atoms with Crippen LogP contribution >= 0.6 is 23.8 Å². The normalized spacial score (nSPS) is 15.8. The van der Waals surface area contributed by atoms with Gasteiger partial charge in [0.05, 0.1) is 0 Å². The van der Waals surface area contributed by atoms with Gasteiger partial charge < -0.3 is 14.5 Å². The number of nitrogens with zero attached hydrogens (tertiary/aromatic N) is 1. The fraction of sp³-hybridized carbons (Fsp3) is 0.263. The Labute approximate surface area is 162 Å². The molecule has 0 aliphatic carbocycles. The van der Waals surface area contributed by atoms with Crippen molar-refractivity contribution in [2.24, 2.45) is 5.92 Å². The summed E-state index contributed by atoms with van der Waals surface area (Å²) in [4.78, 5) is 14.0. The van der Waals surface area contributed by atoms with E-state index in [1.165, 1.54) is 0 Å². The Morgan fingerprint density at radius 2 is 2.15 bits per heavy atom. The zero-order valence-electron chi connectivity index (χ0n) is 14.5. The number of carbonyl (C=O) groups is 1. The lowest BCUT2D eigenvalue weighted by atomic mass is 10.2. The minimum absolute atomic E-state index is 0.142. The molecular weight excluding hydrogens is 372 g/mol. The molecule has 1 aliphatic heterocycles. The fourth-order valence-electron chi connectivity index (χ4n) is 2.51. The number of benzene rings is 1. The van der Waals surface area contributed by atoms with E-state index in [4.69, 9.17) is 33.0 Å². The average molecular weight is 391 g/mol. The zero-order chi connectivity index (χ0) is 18.7. The number of furan rings is 1. The molecule has 0 saturated carbocycles. The number of carbonyl (C=O) groups excluding carboxylic acids is 1. The summed E-state index contributed by atoms with van der Waals surface area (Å²) in [5.41, 5.74) is 0.410. The van der Waals surface area contributed by atoms with Crippen LogP contribution in [-0.4, -0.2) is 22.5 Å². The maximum absolute atomic E-state index is 12.4. The Morgan fingerprint density at radius 1 is 1.35 bits per heavy atom. The predicted octanol–water partition coefficient (Wildman–Crippen LogP) is 4.23. The molecule has 1 saturated heterocycles. The van der Waals surface area contributed by atoms with E-state index in [1.54, 1.807) is 35.2 Å². The highest BCUT2D eigenvalue weighted by Crippen LogP contribution is 2.20. The van der Waals surface area contributed by atoms with Crippen LogP contribution in [0.4, 0.5) is 0 Å². The molecule has 0 spiro atoms. The van der Waals surface area contributed by atoms with Crippen LogP contribution in [0.25, 0.3) is 6.08 Å². The largest absolute Gasteiger partial charge is 0.486 e. The first-order valence-electron chi connectivity index (χ1n) is 8.24. The Hall–Kier alpha value is -2.31. The third-order valence-corrected chi connectivity index (χ3v) is 4.21. The van der Waals surface area contributed by atoms with Crippen molar-refractivity contribution in [3.8, 4) is 5.75 Å². The van der Waals surface area contributed by atoms with Gasteiger partial charge in [0.15, 0.2) is 5.11 Å². The van der Waals surface area contributed by atoms with Crippen molar-refractivity contribution in [3.05, 3.63) is 58.6 Å². The topological polar surface area (TPSA) is 54.7 Å². The highest BCUT2D eigenvalue weighted by Gasteiger charge is 2.31. The third-order valence-electron chi connectivity index (χ3n) is 3.66. The first kappa shape index (κ1) is 18.5. The summed E-state index contributed by atoms with van der Waals surface area (Å²) < 4.78 is 11.4. The molecule has 1 aliphatic rings. The molecule has 2 aromatic rings. The molecule has 0 unspecified atom stereocenters. The first-order chi connectivity index (χ1) is 12.4. The quantitative estimate of drug-likeness (QED) is 0.591. The van der Waals surface area contributed by atoms with Gasteiger partial charge in [-0.25, -0.2) is 0 Å². The van der Waals surface area contributed by atoms with Crippen molar-refractivity contribution < 1.29 is 13.9 Å². The van der Waals surface area contributed by atoms with E-state index in [1.807, 2.05) is 26.0 Å².